The van der Waals surface area contributed by atoms with E-state index in [2.05, 4.69) is 5.32 Å². The molecule has 2 nitrogen and oxygen atoms in total. The standard InChI is InChI=1S/C18H15ClF3NO/c1-23-11-15(14-7-2-3-8-16(14)19)17(24)10-12-5-4-6-13(9-12)18(20,21)22/h2-9,11,23H,10H2,1H3. The predicted octanol–water partition coefficient (Wildman–Crippen LogP) is 4.73. The van der Waals surface area contributed by atoms with Gasteiger partial charge in [-0.2, -0.15) is 13.2 Å². The molecule has 0 bridgehead atoms. The maximum atomic E-state index is 12.8. The van der Waals surface area contributed by atoms with Gasteiger partial charge in [0.15, 0.2) is 5.78 Å². The van der Waals surface area contributed by atoms with E-state index in [0.717, 1.165) is 12.1 Å². The molecule has 0 fully saturated rings. The quantitative estimate of drug-likeness (QED) is 0.787. The summed E-state index contributed by atoms with van der Waals surface area (Å²) in [4.78, 5) is 12.6. The number of hydrogen-bond donors (Lipinski definition) is 1. The molecular formula is C18H15ClF3NO. The van der Waals surface area contributed by atoms with Gasteiger partial charge in [0.2, 0.25) is 0 Å². The van der Waals surface area contributed by atoms with Crippen molar-refractivity contribution in [1.82, 2.24) is 5.32 Å². The summed E-state index contributed by atoms with van der Waals surface area (Å²) in [5, 5.41) is 3.17. The molecule has 0 saturated carbocycles. The first-order chi connectivity index (χ1) is 11.3. The van der Waals surface area contributed by atoms with E-state index < -0.39 is 11.7 Å². The van der Waals surface area contributed by atoms with Gasteiger partial charge in [0.25, 0.3) is 0 Å². The van der Waals surface area contributed by atoms with Crippen molar-refractivity contribution in [3.8, 4) is 0 Å². The van der Waals surface area contributed by atoms with Crippen LogP contribution in [0.15, 0.2) is 54.7 Å². The molecule has 2 rings (SSSR count). The lowest BCUT2D eigenvalue weighted by molar-refractivity contribution is -0.137. The average Bonchev–Trinajstić information content (AvgIpc) is 2.53. The highest BCUT2D eigenvalue weighted by molar-refractivity contribution is 6.35. The number of halogens is 4. The first kappa shape index (κ1) is 18.1. The Labute approximate surface area is 142 Å². The van der Waals surface area contributed by atoms with E-state index >= 15 is 0 Å². The Morgan fingerprint density at radius 2 is 1.88 bits per heavy atom. The first-order valence-electron chi connectivity index (χ1n) is 7.14. The highest BCUT2D eigenvalue weighted by Gasteiger charge is 2.30. The van der Waals surface area contributed by atoms with E-state index in [-0.39, 0.29) is 12.2 Å². The molecule has 0 atom stereocenters. The molecule has 0 amide bonds. The molecule has 0 saturated heterocycles. The average molecular weight is 354 g/mol. The van der Waals surface area contributed by atoms with Crippen molar-refractivity contribution in [2.24, 2.45) is 0 Å². The largest absolute Gasteiger partial charge is 0.416 e. The third kappa shape index (κ3) is 4.38. The molecule has 0 aliphatic heterocycles. The summed E-state index contributed by atoms with van der Waals surface area (Å²) >= 11 is 6.12. The van der Waals surface area contributed by atoms with Gasteiger partial charge in [-0.1, -0.05) is 48.0 Å². The zero-order valence-electron chi connectivity index (χ0n) is 12.8. The molecule has 0 heterocycles. The molecule has 0 aromatic heterocycles. The Kier molecular flexibility index (Phi) is 5.67. The van der Waals surface area contributed by atoms with E-state index in [0.29, 0.717) is 21.7 Å². The molecule has 6 heteroatoms. The van der Waals surface area contributed by atoms with Crippen molar-refractivity contribution in [2.75, 3.05) is 7.05 Å². The first-order valence-corrected chi connectivity index (χ1v) is 7.52. The van der Waals surface area contributed by atoms with Gasteiger partial charge in [-0.25, -0.2) is 0 Å². The second kappa shape index (κ2) is 7.53. The maximum Gasteiger partial charge on any atom is 0.416 e. The van der Waals surface area contributed by atoms with Crippen molar-refractivity contribution in [1.29, 1.82) is 0 Å². The van der Waals surface area contributed by atoms with Crippen LogP contribution >= 0.6 is 11.6 Å². The molecule has 0 unspecified atom stereocenters. The van der Waals surface area contributed by atoms with Crippen LogP contribution in [0.4, 0.5) is 13.2 Å². The smallest absolute Gasteiger partial charge is 0.393 e. The van der Waals surface area contributed by atoms with Crippen LogP contribution in [0.5, 0.6) is 0 Å². The summed E-state index contributed by atoms with van der Waals surface area (Å²) in [5.74, 6) is -0.322. The number of benzene rings is 2. The van der Waals surface area contributed by atoms with Gasteiger partial charge in [-0.05, 0) is 17.7 Å². The van der Waals surface area contributed by atoms with Gasteiger partial charge in [-0.15, -0.1) is 0 Å². The minimum atomic E-state index is -4.44. The third-order valence-electron chi connectivity index (χ3n) is 3.37. The Hall–Kier alpha value is -2.27. The van der Waals surface area contributed by atoms with Crippen LogP contribution in [0.25, 0.3) is 5.57 Å². The molecular weight excluding hydrogens is 339 g/mol. The van der Waals surface area contributed by atoms with Crippen LogP contribution in [0.2, 0.25) is 5.02 Å². The minimum Gasteiger partial charge on any atom is -0.393 e. The van der Waals surface area contributed by atoms with Gasteiger partial charge in [0.1, 0.15) is 0 Å². The van der Waals surface area contributed by atoms with Gasteiger partial charge in [0.05, 0.1) is 5.56 Å². The number of carbonyl (C=O) groups is 1. The van der Waals surface area contributed by atoms with E-state index in [1.54, 1.807) is 31.3 Å². The van der Waals surface area contributed by atoms with Crippen LogP contribution in [-0.4, -0.2) is 12.8 Å². The Balaban J connectivity index is 2.30. The summed E-state index contributed by atoms with van der Waals surface area (Å²) in [6, 6.07) is 11.6. The molecule has 0 aliphatic rings. The fraction of sp³-hybridized carbons (Fsp3) is 0.167. The Morgan fingerprint density at radius 1 is 1.17 bits per heavy atom. The predicted molar refractivity (Wildman–Crippen MR) is 88.6 cm³/mol. The van der Waals surface area contributed by atoms with Gasteiger partial charge in [0, 0.05) is 35.8 Å². The summed E-state index contributed by atoms with van der Waals surface area (Å²) in [6.45, 7) is 0. The zero-order valence-corrected chi connectivity index (χ0v) is 13.6. The zero-order chi connectivity index (χ0) is 17.7. The lowest BCUT2D eigenvalue weighted by Crippen LogP contribution is -2.11. The number of ketones is 1. The summed E-state index contributed by atoms with van der Waals surface area (Å²) in [7, 11) is 1.63. The van der Waals surface area contributed by atoms with E-state index in [1.807, 2.05) is 0 Å². The number of alkyl halides is 3. The lowest BCUT2D eigenvalue weighted by Gasteiger charge is -2.11. The number of nitrogens with one attached hydrogen (secondary N) is 1. The molecule has 2 aromatic rings. The summed E-state index contributed by atoms with van der Waals surface area (Å²) in [5.41, 5.74) is 0.375. The summed E-state index contributed by atoms with van der Waals surface area (Å²) < 4.78 is 38.3. The van der Waals surface area contributed by atoms with Crippen molar-refractivity contribution >= 4 is 23.0 Å². The van der Waals surface area contributed by atoms with E-state index in [1.165, 1.54) is 18.3 Å². The number of rotatable bonds is 5. The molecule has 2 aromatic carbocycles. The fourth-order valence-electron chi connectivity index (χ4n) is 2.27. The van der Waals surface area contributed by atoms with Crippen LogP contribution < -0.4 is 5.32 Å². The molecule has 0 radical (unpaired) electrons. The molecule has 0 spiro atoms. The van der Waals surface area contributed by atoms with Crippen LogP contribution in [0.1, 0.15) is 16.7 Å². The van der Waals surface area contributed by atoms with E-state index in [9.17, 15) is 18.0 Å². The van der Waals surface area contributed by atoms with Crippen molar-refractivity contribution in [3.63, 3.8) is 0 Å². The maximum absolute atomic E-state index is 12.8. The topological polar surface area (TPSA) is 29.1 Å². The van der Waals surface area contributed by atoms with Gasteiger partial charge >= 0.3 is 6.18 Å². The Morgan fingerprint density at radius 3 is 2.50 bits per heavy atom. The number of hydrogen-bond acceptors (Lipinski definition) is 2. The molecule has 126 valence electrons. The number of Topliss-reactive ketones (excluding diaryl/α,β-unsaturated/α-hetero) is 1. The van der Waals surface area contributed by atoms with Crippen molar-refractivity contribution < 1.29 is 18.0 Å². The SMILES string of the molecule is CNC=C(C(=O)Cc1cccc(C(F)(F)F)c1)c1ccccc1Cl. The fourth-order valence-corrected chi connectivity index (χ4v) is 2.51. The Bertz CT molecular complexity index is 769. The highest BCUT2D eigenvalue weighted by Crippen LogP contribution is 2.30. The lowest BCUT2D eigenvalue weighted by atomic mass is 9.97. The van der Waals surface area contributed by atoms with Gasteiger partial charge < -0.3 is 5.32 Å². The van der Waals surface area contributed by atoms with Crippen molar-refractivity contribution in [3.05, 3.63) is 76.4 Å². The summed E-state index contributed by atoms with van der Waals surface area (Å²) in [6.07, 6.45) is -3.09. The minimum absolute atomic E-state index is 0.150. The second-order valence-electron chi connectivity index (χ2n) is 5.12. The van der Waals surface area contributed by atoms with Gasteiger partial charge in [-0.3, -0.25) is 4.79 Å². The molecule has 24 heavy (non-hydrogen) atoms. The third-order valence-corrected chi connectivity index (χ3v) is 3.70. The van der Waals surface area contributed by atoms with Crippen LogP contribution in [0, 0.1) is 0 Å². The number of carbonyl (C=O) groups excluding carboxylic acids is 1. The molecule has 0 aliphatic carbocycles. The van der Waals surface area contributed by atoms with Crippen LogP contribution in [-0.2, 0) is 17.4 Å². The van der Waals surface area contributed by atoms with Crippen LogP contribution in [0.3, 0.4) is 0 Å². The second-order valence-corrected chi connectivity index (χ2v) is 5.53. The highest BCUT2D eigenvalue weighted by atomic mass is 35.5. The van der Waals surface area contributed by atoms with E-state index in [4.69, 9.17) is 11.6 Å². The monoisotopic (exact) mass is 353 g/mol. The number of allylic oxidation sites excluding steroid dienone is 1. The molecule has 1 N–H and O–H groups in total. The van der Waals surface area contributed by atoms with Crippen molar-refractivity contribution in [2.45, 2.75) is 12.6 Å². The normalized spacial score (nSPS) is 12.1.